The number of hydrogen-bond acceptors (Lipinski definition) is 7. The molecule has 0 bridgehead atoms. The van der Waals surface area contributed by atoms with Crippen LogP contribution in [0.15, 0.2) is 40.1 Å². The van der Waals surface area contributed by atoms with Crippen LogP contribution in [0.5, 0.6) is 0 Å². The van der Waals surface area contributed by atoms with Crippen LogP contribution in [0.3, 0.4) is 0 Å². The third-order valence-corrected chi connectivity index (χ3v) is 6.67. The van der Waals surface area contributed by atoms with E-state index in [-0.39, 0.29) is 5.91 Å². The number of anilines is 1. The number of thioether (sulfide) groups is 1. The maximum Gasteiger partial charge on any atom is 0.252 e. The molecule has 3 aromatic rings. The van der Waals surface area contributed by atoms with Gasteiger partial charge < -0.3 is 15.0 Å². The summed E-state index contributed by atoms with van der Waals surface area (Å²) in [5.41, 5.74) is 1.41. The van der Waals surface area contributed by atoms with Crippen molar-refractivity contribution >= 4 is 50.5 Å². The van der Waals surface area contributed by atoms with Crippen molar-refractivity contribution < 1.29 is 9.53 Å². The number of aromatic nitrogens is 4. The van der Waals surface area contributed by atoms with E-state index in [1.54, 1.807) is 17.8 Å². The number of ether oxygens (including phenoxy) is 1. The Hall–Kier alpha value is -2.17. The van der Waals surface area contributed by atoms with E-state index in [2.05, 4.69) is 38.2 Å². The topological polar surface area (TPSA) is 85.2 Å². The molecule has 1 fully saturated rings. The molecule has 0 radical (unpaired) electrons. The number of carbonyl (C=O) groups excluding carboxylic acids is 1. The molecular formula is C21H25BrN6O2S. The van der Waals surface area contributed by atoms with Gasteiger partial charge in [0.1, 0.15) is 5.82 Å². The summed E-state index contributed by atoms with van der Waals surface area (Å²) in [5.74, 6) is 1.76. The minimum absolute atomic E-state index is 0.119. The molecule has 2 aromatic heterocycles. The molecule has 0 atom stereocenters. The molecule has 164 valence electrons. The first-order valence-corrected chi connectivity index (χ1v) is 12.2. The lowest BCUT2D eigenvalue weighted by atomic mass is 10.2. The lowest BCUT2D eigenvalue weighted by Crippen LogP contribution is -2.37. The second-order valence-corrected chi connectivity index (χ2v) is 9.03. The van der Waals surface area contributed by atoms with Gasteiger partial charge in [-0.2, -0.15) is 5.10 Å². The second-order valence-electron chi connectivity index (χ2n) is 7.12. The maximum atomic E-state index is 12.5. The van der Waals surface area contributed by atoms with Crippen LogP contribution in [-0.4, -0.2) is 64.3 Å². The highest BCUT2D eigenvalue weighted by Gasteiger charge is 2.20. The van der Waals surface area contributed by atoms with E-state index in [1.165, 1.54) is 0 Å². The molecule has 1 aliphatic heterocycles. The highest BCUT2D eigenvalue weighted by molar-refractivity contribution is 9.10. The predicted octanol–water partition coefficient (Wildman–Crippen LogP) is 3.36. The fourth-order valence-corrected chi connectivity index (χ4v) is 4.53. The Kier molecular flexibility index (Phi) is 7.41. The molecule has 10 heteroatoms. The zero-order valence-corrected chi connectivity index (χ0v) is 19.8. The van der Waals surface area contributed by atoms with Crippen LogP contribution in [0.2, 0.25) is 0 Å². The Morgan fingerprint density at radius 2 is 2.06 bits per heavy atom. The summed E-state index contributed by atoms with van der Waals surface area (Å²) in [5, 5.41) is 9.20. The van der Waals surface area contributed by atoms with E-state index in [4.69, 9.17) is 14.7 Å². The van der Waals surface area contributed by atoms with Crippen LogP contribution in [-0.2, 0) is 11.3 Å². The number of fused-ring (bicyclic) bond motifs is 1. The Labute approximate surface area is 193 Å². The summed E-state index contributed by atoms with van der Waals surface area (Å²) in [7, 11) is 0. The molecular weight excluding hydrogens is 480 g/mol. The van der Waals surface area contributed by atoms with Crippen molar-refractivity contribution in [3.05, 3.63) is 40.5 Å². The van der Waals surface area contributed by atoms with Crippen LogP contribution in [0.25, 0.3) is 11.0 Å². The zero-order valence-electron chi connectivity index (χ0n) is 17.4. The number of carbonyl (C=O) groups is 1. The fraction of sp³-hybridized carbons (Fsp3) is 0.429. The zero-order chi connectivity index (χ0) is 21.6. The van der Waals surface area contributed by atoms with Crippen molar-refractivity contribution in [2.24, 2.45) is 0 Å². The van der Waals surface area contributed by atoms with Crippen LogP contribution in [0.4, 0.5) is 5.82 Å². The maximum absolute atomic E-state index is 12.5. The van der Waals surface area contributed by atoms with E-state index in [1.807, 2.05) is 29.1 Å². The van der Waals surface area contributed by atoms with Gasteiger partial charge in [0, 0.05) is 29.9 Å². The van der Waals surface area contributed by atoms with Crippen LogP contribution in [0, 0.1) is 0 Å². The number of hydrogen-bond donors (Lipinski definition) is 1. The van der Waals surface area contributed by atoms with Gasteiger partial charge in [0.15, 0.2) is 10.8 Å². The number of nitrogens with one attached hydrogen (secondary N) is 1. The van der Waals surface area contributed by atoms with Gasteiger partial charge in [-0.15, -0.1) is 0 Å². The molecule has 1 saturated heterocycles. The number of morpholine rings is 1. The quantitative estimate of drug-likeness (QED) is 0.371. The Bertz CT molecular complexity index is 1050. The van der Waals surface area contributed by atoms with Crippen LogP contribution >= 0.6 is 27.7 Å². The van der Waals surface area contributed by atoms with Crippen molar-refractivity contribution in [1.29, 1.82) is 0 Å². The first-order chi connectivity index (χ1) is 15.2. The molecule has 3 heterocycles. The van der Waals surface area contributed by atoms with Gasteiger partial charge in [-0.3, -0.25) is 4.79 Å². The summed E-state index contributed by atoms with van der Waals surface area (Å²) in [6.45, 7) is 6.11. The molecule has 31 heavy (non-hydrogen) atoms. The summed E-state index contributed by atoms with van der Waals surface area (Å²) in [6.07, 6.45) is 2.88. The molecule has 1 N–H and O–H groups in total. The molecule has 0 unspecified atom stereocenters. The van der Waals surface area contributed by atoms with E-state index < -0.39 is 0 Å². The van der Waals surface area contributed by atoms with Crippen LogP contribution < -0.4 is 10.2 Å². The van der Waals surface area contributed by atoms with E-state index in [0.717, 1.165) is 51.7 Å². The molecule has 4 rings (SSSR count). The average Bonchev–Trinajstić information content (AvgIpc) is 3.21. The minimum atomic E-state index is -0.119. The first-order valence-electron chi connectivity index (χ1n) is 10.4. The molecule has 1 amide bonds. The Balaban J connectivity index is 1.53. The van der Waals surface area contributed by atoms with Gasteiger partial charge in [0.05, 0.1) is 36.9 Å². The van der Waals surface area contributed by atoms with Crippen molar-refractivity contribution in [1.82, 2.24) is 25.1 Å². The van der Waals surface area contributed by atoms with Gasteiger partial charge in [-0.1, -0.05) is 30.8 Å². The first kappa shape index (κ1) is 22.0. The molecule has 1 aromatic carbocycles. The highest BCUT2D eigenvalue weighted by Crippen LogP contribution is 2.28. The third kappa shape index (κ3) is 5.19. The average molecular weight is 505 g/mol. The van der Waals surface area contributed by atoms with E-state index >= 15 is 0 Å². The van der Waals surface area contributed by atoms with Crippen molar-refractivity contribution in [3.8, 4) is 0 Å². The highest BCUT2D eigenvalue weighted by atomic mass is 79.9. The second kappa shape index (κ2) is 10.4. The monoisotopic (exact) mass is 504 g/mol. The number of benzene rings is 1. The normalized spacial score (nSPS) is 14.2. The smallest absolute Gasteiger partial charge is 0.252 e. The van der Waals surface area contributed by atoms with Gasteiger partial charge in [-0.25, -0.2) is 14.6 Å². The van der Waals surface area contributed by atoms with Gasteiger partial charge in [0.2, 0.25) is 0 Å². The van der Waals surface area contributed by atoms with Crippen molar-refractivity contribution in [2.45, 2.75) is 25.0 Å². The van der Waals surface area contributed by atoms with Gasteiger partial charge in [0.25, 0.3) is 5.91 Å². The molecule has 0 spiro atoms. The SMILES string of the molecule is CCCSc1nc(N2CCOCC2)c2cnn(CCNC(=O)c3ccccc3Br)c2n1. The number of amides is 1. The third-order valence-electron chi connectivity index (χ3n) is 4.93. The Morgan fingerprint density at radius 3 is 2.84 bits per heavy atom. The minimum Gasteiger partial charge on any atom is -0.378 e. The molecule has 1 aliphatic rings. The molecule has 0 saturated carbocycles. The van der Waals surface area contributed by atoms with E-state index in [9.17, 15) is 4.79 Å². The molecule has 8 nitrogen and oxygen atoms in total. The summed E-state index contributed by atoms with van der Waals surface area (Å²) in [6, 6.07) is 7.38. The summed E-state index contributed by atoms with van der Waals surface area (Å²) in [4.78, 5) is 24.3. The summed E-state index contributed by atoms with van der Waals surface area (Å²) < 4.78 is 8.12. The number of halogens is 1. The lowest BCUT2D eigenvalue weighted by Gasteiger charge is -2.28. The fourth-order valence-electron chi connectivity index (χ4n) is 3.37. The van der Waals surface area contributed by atoms with E-state index in [0.29, 0.717) is 31.9 Å². The Morgan fingerprint density at radius 1 is 1.26 bits per heavy atom. The molecule has 0 aliphatic carbocycles. The standard InChI is InChI=1S/C21H25BrN6O2S/c1-2-13-31-21-25-18(27-9-11-30-12-10-27)16-14-24-28(19(16)26-21)8-7-23-20(29)15-5-3-4-6-17(15)22/h3-6,14H,2,7-13H2,1H3,(H,23,29). The van der Waals surface area contributed by atoms with Gasteiger partial charge >= 0.3 is 0 Å². The lowest BCUT2D eigenvalue weighted by molar-refractivity contribution is 0.0951. The largest absolute Gasteiger partial charge is 0.378 e. The van der Waals surface area contributed by atoms with Crippen molar-refractivity contribution in [3.63, 3.8) is 0 Å². The summed E-state index contributed by atoms with van der Waals surface area (Å²) >= 11 is 5.08. The predicted molar refractivity (Wildman–Crippen MR) is 126 cm³/mol. The van der Waals surface area contributed by atoms with Gasteiger partial charge in [-0.05, 0) is 34.5 Å². The van der Waals surface area contributed by atoms with Crippen LogP contribution in [0.1, 0.15) is 23.7 Å². The van der Waals surface area contributed by atoms with Crippen molar-refractivity contribution in [2.75, 3.05) is 43.5 Å². The number of rotatable bonds is 8. The number of nitrogens with zero attached hydrogens (tertiary/aromatic N) is 5.